The number of hydrogen-bond acceptors (Lipinski definition) is 5. The predicted molar refractivity (Wildman–Crippen MR) is 102 cm³/mol. The van der Waals surface area contributed by atoms with Crippen molar-refractivity contribution in [3.8, 4) is 0 Å². The summed E-state index contributed by atoms with van der Waals surface area (Å²) in [5.74, 6) is -2.54. The van der Waals surface area contributed by atoms with E-state index in [1.54, 1.807) is 36.4 Å². The quantitative estimate of drug-likeness (QED) is 0.615. The van der Waals surface area contributed by atoms with Crippen LogP contribution in [0.3, 0.4) is 0 Å². The van der Waals surface area contributed by atoms with Crippen LogP contribution in [0.2, 0.25) is 5.02 Å². The maximum absolute atomic E-state index is 12.4. The highest BCUT2D eigenvalue weighted by Crippen LogP contribution is 2.25. The number of benzene rings is 2. The van der Waals surface area contributed by atoms with Gasteiger partial charge in [-0.3, -0.25) is 19.3 Å². The number of imide groups is 1. The monoisotopic (exact) mass is 400 g/mol. The Kier molecular flexibility index (Phi) is 5.46. The summed E-state index contributed by atoms with van der Waals surface area (Å²) in [5.41, 5.74) is 0.965. The van der Waals surface area contributed by atoms with Gasteiger partial charge in [0.25, 0.3) is 17.7 Å². The van der Waals surface area contributed by atoms with Gasteiger partial charge in [-0.05, 0) is 50.2 Å². The second kappa shape index (κ2) is 7.82. The van der Waals surface area contributed by atoms with E-state index in [0.717, 1.165) is 4.90 Å². The molecule has 1 aliphatic rings. The van der Waals surface area contributed by atoms with Gasteiger partial charge in [-0.25, -0.2) is 4.79 Å². The second-order valence-electron chi connectivity index (χ2n) is 6.28. The van der Waals surface area contributed by atoms with E-state index in [1.165, 1.54) is 26.0 Å². The Labute approximate surface area is 166 Å². The van der Waals surface area contributed by atoms with Crippen molar-refractivity contribution < 1.29 is 23.9 Å². The van der Waals surface area contributed by atoms with Crippen molar-refractivity contribution in [1.29, 1.82) is 0 Å². The average molecular weight is 401 g/mol. The molecule has 1 heterocycles. The first-order valence-electron chi connectivity index (χ1n) is 8.53. The third-order valence-electron chi connectivity index (χ3n) is 4.33. The summed E-state index contributed by atoms with van der Waals surface area (Å²) >= 11 is 5.79. The Hall–Kier alpha value is -3.19. The van der Waals surface area contributed by atoms with Crippen molar-refractivity contribution in [3.63, 3.8) is 0 Å². The zero-order valence-electron chi connectivity index (χ0n) is 15.1. The highest BCUT2D eigenvalue weighted by atomic mass is 35.5. The third kappa shape index (κ3) is 3.75. The zero-order chi connectivity index (χ0) is 20.4. The molecule has 0 aromatic heterocycles. The van der Waals surface area contributed by atoms with E-state index in [0.29, 0.717) is 10.7 Å². The van der Waals surface area contributed by atoms with Crippen LogP contribution in [0.25, 0.3) is 0 Å². The minimum atomic E-state index is -1.17. The molecule has 0 aliphatic carbocycles. The molecule has 2 aromatic rings. The summed E-state index contributed by atoms with van der Waals surface area (Å²) in [5, 5.41) is 3.11. The van der Waals surface area contributed by atoms with Gasteiger partial charge in [0, 0.05) is 10.7 Å². The van der Waals surface area contributed by atoms with Crippen molar-refractivity contribution in [2.45, 2.75) is 26.0 Å². The van der Waals surface area contributed by atoms with Crippen LogP contribution in [0.1, 0.15) is 34.6 Å². The molecule has 8 heteroatoms. The first kappa shape index (κ1) is 19.6. The fraction of sp³-hybridized carbons (Fsp3) is 0.200. The molecule has 1 N–H and O–H groups in total. The lowest BCUT2D eigenvalue weighted by Gasteiger charge is -2.22. The fourth-order valence-corrected chi connectivity index (χ4v) is 2.89. The van der Waals surface area contributed by atoms with Gasteiger partial charge in [-0.2, -0.15) is 0 Å². The predicted octanol–water partition coefficient (Wildman–Crippen LogP) is 2.89. The minimum Gasteiger partial charge on any atom is -0.451 e. The summed E-state index contributed by atoms with van der Waals surface area (Å²) in [4.78, 5) is 50.4. The van der Waals surface area contributed by atoms with Crippen LogP contribution in [-0.4, -0.2) is 40.7 Å². The van der Waals surface area contributed by atoms with Gasteiger partial charge in [0.2, 0.25) is 0 Å². The molecule has 0 saturated heterocycles. The molecule has 3 amide bonds. The van der Waals surface area contributed by atoms with E-state index in [4.69, 9.17) is 16.3 Å². The van der Waals surface area contributed by atoms with Gasteiger partial charge in [0.1, 0.15) is 6.04 Å². The van der Waals surface area contributed by atoms with Gasteiger partial charge in [-0.15, -0.1) is 0 Å². The van der Waals surface area contributed by atoms with Crippen molar-refractivity contribution in [3.05, 3.63) is 64.7 Å². The summed E-state index contributed by atoms with van der Waals surface area (Å²) in [6.07, 6.45) is -1.12. The molecule has 0 spiro atoms. The standard InChI is InChI=1S/C20H17ClN2O5/c1-11(23-18(25)15-5-3-4-6-16(15)19(23)26)20(27)28-12(2)17(24)22-14-9-7-13(21)8-10-14/h3-12H,1-2H3,(H,22,24)/t11-,12-/m0/s1. The van der Waals surface area contributed by atoms with E-state index in [-0.39, 0.29) is 11.1 Å². The van der Waals surface area contributed by atoms with E-state index in [1.807, 2.05) is 0 Å². The van der Waals surface area contributed by atoms with E-state index in [2.05, 4.69) is 5.32 Å². The number of carbonyl (C=O) groups excluding carboxylic acids is 4. The van der Waals surface area contributed by atoms with Gasteiger partial charge in [-0.1, -0.05) is 23.7 Å². The molecule has 2 aromatic carbocycles. The Morgan fingerprint density at radius 3 is 2.04 bits per heavy atom. The number of fused-ring (bicyclic) bond motifs is 1. The van der Waals surface area contributed by atoms with Gasteiger partial charge in [0.15, 0.2) is 6.10 Å². The number of esters is 1. The van der Waals surface area contributed by atoms with Crippen molar-refractivity contribution in [2.24, 2.45) is 0 Å². The molecule has 3 rings (SSSR count). The number of nitrogens with zero attached hydrogens (tertiary/aromatic N) is 1. The molecular formula is C20H17ClN2O5. The third-order valence-corrected chi connectivity index (χ3v) is 4.58. The second-order valence-corrected chi connectivity index (χ2v) is 6.71. The summed E-state index contributed by atoms with van der Waals surface area (Å²) in [6, 6.07) is 11.6. The van der Waals surface area contributed by atoms with Crippen molar-refractivity contribution in [1.82, 2.24) is 4.90 Å². The number of amides is 3. The van der Waals surface area contributed by atoms with Gasteiger partial charge < -0.3 is 10.1 Å². The highest BCUT2D eigenvalue weighted by Gasteiger charge is 2.41. The highest BCUT2D eigenvalue weighted by molar-refractivity contribution is 6.30. The van der Waals surface area contributed by atoms with Crippen LogP contribution in [0.4, 0.5) is 5.69 Å². The lowest BCUT2D eigenvalue weighted by Crippen LogP contribution is -2.45. The Morgan fingerprint density at radius 1 is 0.964 bits per heavy atom. The number of anilines is 1. The number of rotatable bonds is 5. The number of carbonyl (C=O) groups is 4. The molecule has 0 bridgehead atoms. The fourth-order valence-electron chi connectivity index (χ4n) is 2.77. The van der Waals surface area contributed by atoms with E-state index < -0.39 is 35.8 Å². The lowest BCUT2D eigenvalue weighted by molar-refractivity contribution is -0.156. The van der Waals surface area contributed by atoms with Gasteiger partial charge in [0.05, 0.1) is 11.1 Å². The molecule has 7 nitrogen and oxygen atoms in total. The maximum atomic E-state index is 12.4. The summed E-state index contributed by atoms with van der Waals surface area (Å²) in [7, 11) is 0. The van der Waals surface area contributed by atoms with Crippen LogP contribution in [0.5, 0.6) is 0 Å². The van der Waals surface area contributed by atoms with Crippen LogP contribution in [-0.2, 0) is 14.3 Å². The Morgan fingerprint density at radius 2 is 1.50 bits per heavy atom. The van der Waals surface area contributed by atoms with Crippen LogP contribution in [0, 0.1) is 0 Å². The molecule has 0 unspecified atom stereocenters. The minimum absolute atomic E-state index is 0.237. The Balaban J connectivity index is 1.64. The molecule has 0 radical (unpaired) electrons. The smallest absolute Gasteiger partial charge is 0.329 e. The molecule has 1 aliphatic heterocycles. The molecule has 28 heavy (non-hydrogen) atoms. The van der Waals surface area contributed by atoms with Gasteiger partial charge >= 0.3 is 5.97 Å². The number of nitrogens with one attached hydrogen (secondary N) is 1. The number of ether oxygens (including phenoxy) is 1. The van der Waals surface area contributed by atoms with Crippen molar-refractivity contribution >= 4 is 41.0 Å². The number of halogens is 1. The summed E-state index contributed by atoms with van der Waals surface area (Å²) < 4.78 is 5.15. The Bertz CT molecular complexity index is 922. The molecule has 0 fully saturated rings. The lowest BCUT2D eigenvalue weighted by atomic mass is 10.1. The van der Waals surface area contributed by atoms with Crippen LogP contribution in [0.15, 0.2) is 48.5 Å². The molecule has 0 saturated carbocycles. The normalized spacial score (nSPS) is 15.0. The topological polar surface area (TPSA) is 92.8 Å². The molecule has 2 atom stereocenters. The first-order chi connectivity index (χ1) is 13.3. The average Bonchev–Trinajstić information content (AvgIpc) is 2.93. The van der Waals surface area contributed by atoms with Crippen LogP contribution >= 0.6 is 11.6 Å². The largest absolute Gasteiger partial charge is 0.451 e. The SMILES string of the molecule is C[C@H](OC(=O)[C@H](C)N1C(=O)c2ccccc2C1=O)C(=O)Nc1ccc(Cl)cc1. The summed E-state index contributed by atoms with van der Waals surface area (Å²) in [6.45, 7) is 2.78. The van der Waals surface area contributed by atoms with Crippen LogP contribution < -0.4 is 5.32 Å². The van der Waals surface area contributed by atoms with E-state index in [9.17, 15) is 19.2 Å². The molecular weight excluding hydrogens is 384 g/mol. The molecule has 144 valence electrons. The van der Waals surface area contributed by atoms with Crippen molar-refractivity contribution in [2.75, 3.05) is 5.32 Å². The first-order valence-corrected chi connectivity index (χ1v) is 8.91. The van der Waals surface area contributed by atoms with E-state index >= 15 is 0 Å². The number of hydrogen-bond donors (Lipinski definition) is 1. The zero-order valence-corrected chi connectivity index (χ0v) is 15.9. The maximum Gasteiger partial charge on any atom is 0.329 e.